The summed E-state index contributed by atoms with van der Waals surface area (Å²) in [5.74, 6) is -0.178. The number of hydrogen-bond donors (Lipinski definition) is 2. The summed E-state index contributed by atoms with van der Waals surface area (Å²) in [6.07, 6.45) is 28.4. The van der Waals surface area contributed by atoms with E-state index in [1.807, 2.05) is 0 Å². The monoisotopic (exact) mass is 585 g/mol. The summed E-state index contributed by atoms with van der Waals surface area (Å²) < 4.78 is 16.3. The first kappa shape index (κ1) is 39.8. The topological polar surface area (TPSA) is 94.1 Å². The molecule has 0 saturated heterocycles. The second kappa shape index (κ2) is 33.3. The van der Waals surface area contributed by atoms with Gasteiger partial charge in [0.05, 0.1) is 13.2 Å². The van der Waals surface area contributed by atoms with Crippen molar-refractivity contribution in [1.82, 2.24) is 5.32 Å². The number of carbonyl (C=O) groups is 2. The quantitative estimate of drug-likeness (QED) is 0.0456. The molecule has 0 spiro atoms. The highest BCUT2D eigenvalue weighted by molar-refractivity contribution is 5.72. The molecule has 0 unspecified atom stereocenters. The second-order valence-electron chi connectivity index (χ2n) is 11.7. The van der Waals surface area contributed by atoms with Crippen LogP contribution in [0.25, 0.3) is 0 Å². The number of ether oxygens (including phenoxy) is 3. The molecule has 0 aliphatic heterocycles. The summed E-state index contributed by atoms with van der Waals surface area (Å²) in [6, 6.07) is 0. The van der Waals surface area contributed by atoms with Crippen LogP contribution >= 0.6 is 0 Å². The normalized spacial score (nSPS) is 12.0. The molecule has 0 aliphatic rings. The maximum Gasteiger partial charge on any atom is 0.306 e. The Hall–Kier alpha value is -1.18. The Morgan fingerprint density at radius 2 is 1.10 bits per heavy atom. The number of rotatable bonds is 33. The summed E-state index contributed by atoms with van der Waals surface area (Å²) in [4.78, 5) is 22.8. The molecule has 0 saturated carbocycles. The third kappa shape index (κ3) is 33.2. The van der Waals surface area contributed by atoms with Crippen molar-refractivity contribution in [2.45, 2.75) is 174 Å². The average molecular weight is 586 g/mol. The van der Waals surface area contributed by atoms with Crippen LogP contribution in [0, 0.1) is 0 Å². The third-order valence-corrected chi connectivity index (χ3v) is 7.55. The molecule has 2 N–H and O–H groups in total. The minimum Gasteiger partial charge on any atom is -0.457 e. The molecule has 0 bridgehead atoms. The smallest absolute Gasteiger partial charge is 0.306 e. The van der Waals surface area contributed by atoms with Gasteiger partial charge in [-0.25, -0.2) is 0 Å². The van der Waals surface area contributed by atoms with Crippen molar-refractivity contribution in [3.63, 3.8) is 0 Å². The lowest BCUT2D eigenvalue weighted by Gasteiger charge is -2.16. The molecule has 0 radical (unpaired) electrons. The number of amides is 1. The lowest BCUT2D eigenvalue weighted by molar-refractivity contribution is -0.159. The molecule has 0 fully saturated rings. The molecule has 0 aromatic carbocycles. The predicted molar refractivity (Wildman–Crippen MR) is 169 cm³/mol. The van der Waals surface area contributed by atoms with Crippen LogP contribution in [0.3, 0.4) is 0 Å². The first-order valence-corrected chi connectivity index (χ1v) is 17.3. The van der Waals surface area contributed by atoms with Crippen molar-refractivity contribution in [3.05, 3.63) is 0 Å². The average Bonchev–Trinajstić information content (AvgIpc) is 2.96. The summed E-state index contributed by atoms with van der Waals surface area (Å²) in [5, 5.41) is 12.3. The molecule has 0 aromatic rings. The van der Waals surface area contributed by atoms with Crippen LogP contribution in [0.1, 0.15) is 168 Å². The standard InChI is InChI=1S/C34H67NO6/c1-3-4-5-6-7-8-14-17-20-23-26-34(38)41-33(29-36)30-40-31-39-28-25-22-19-16-13-11-9-10-12-15-18-21-24-27-35-32(2)37/h33,36H,3-31H2,1-2H3,(H,35,37)/t33-/m0/s1. The van der Waals surface area contributed by atoms with Crippen molar-refractivity contribution >= 4 is 11.9 Å². The third-order valence-electron chi connectivity index (χ3n) is 7.55. The van der Waals surface area contributed by atoms with E-state index in [9.17, 15) is 14.7 Å². The fraction of sp³-hybridized carbons (Fsp3) is 0.941. The zero-order valence-electron chi connectivity index (χ0n) is 27.1. The Kier molecular flexibility index (Phi) is 32.4. The van der Waals surface area contributed by atoms with E-state index in [0.717, 1.165) is 32.2 Å². The molecule has 1 atom stereocenters. The minimum atomic E-state index is -0.615. The molecular formula is C34H67NO6. The van der Waals surface area contributed by atoms with E-state index in [1.54, 1.807) is 6.92 Å². The van der Waals surface area contributed by atoms with Crippen molar-refractivity contribution in [2.24, 2.45) is 0 Å². The summed E-state index contributed by atoms with van der Waals surface area (Å²) >= 11 is 0. The van der Waals surface area contributed by atoms with Crippen molar-refractivity contribution in [2.75, 3.05) is 33.2 Å². The van der Waals surface area contributed by atoms with Gasteiger partial charge in [-0.3, -0.25) is 9.59 Å². The molecule has 1 amide bonds. The van der Waals surface area contributed by atoms with Gasteiger partial charge < -0.3 is 24.6 Å². The van der Waals surface area contributed by atoms with Crippen LogP contribution in [-0.2, 0) is 23.8 Å². The van der Waals surface area contributed by atoms with Gasteiger partial charge in [-0.2, -0.15) is 0 Å². The van der Waals surface area contributed by atoms with Crippen molar-refractivity contribution < 1.29 is 28.9 Å². The minimum absolute atomic E-state index is 0.0719. The van der Waals surface area contributed by atoms with Crippen LogP contribution in [0.15, 0.2) is 0 Å². The van der Waals surface area contributed by atoms with Crippen LogP contribution in [0.4, 0.5) is 0 Å². The van der Waals surface area contributed by atoms with Crippen LogP contribution in [0.2, 0.25) is 0 Å². The highest BCUT2D eigenvalue weighted by Gasteiger charge is 2.13. The van der Waals surface area contributed by atoms with Crippen molar-refractivity contribution in [3.8, 4) is 0 Å². The van der Waals surface area contributed by atoms with E-state index in [0.29, 0.717) is 13.0 Å². The van der Waals surface area contributed by atoms with Gasteiger partial charge in [0.15, 0.2) is 0 Å². The van der Waals surface area contributed by atoms with Crippen molar-refractivity contribution in [1.29, 1.82) is 0 Å². The van der Waals surface area contributed by atoms with E-state index in [2.05, 4.69) is 12.2 Å². The summed E-state index contributed by atoms with van der Waals surface area (Å²) in [5.41, 5.74) is 0. The van der Waals surface area contributed by atoms with Gasteiger partial charge in [-0.05, 0) is 19.3 Å². The Bertz CT molecular complexity index is 559. The number of esters is 1. The first-order valence-electron chi connectivity index (χ1n) is 17.3. The number of nitrogens with one attached hydrogen (secondary N) is 1. The van der Waals surface area contributed by atoms with Gasteiger partial charge in [0.25, 0.3) is 0 Å². The van der Waals surface area contributed by atoms with Gasteiger partial charge >= 0.3 is 5.97 Å². The van der Waals surface area contributed by atoms with Crippen LogP contribution in [-0.4, -0.2) is 56.2 Å². The van der Waals surface area contributed by atoms with Gasteiger partial charge in [-0.1, -0.05) is 135 Å². The van der Waals surface area contributed by atoms with E-state index < -0.39 is 6.10 Å². The SMILES string of the molecule is CCCCCCCCCCCCC(=O)O[C@@H](CO)COCOCCCCCCCCCCCCCCCNC(C)=O. The van der Waals surface area contributed by atoms with Gasteiger partial charge in [0.2, 0.25) is 5.91 Å². The van der Waals surface area contributed by atoms with E-state index in [4.69, 9.17) is 14.2 Å². The second-order valence-corrected chi connectivity index (χ2v) is 11.7. The van der Waals surface area contributed by atoms with E-state index in [1.165, 1.54) is 122 Å². The Labute approximate surface area is 253 Å². The highest BCUT2D eigenvalue weighted by atomic mass is 16.7. The maximum absolute atomic E-state index is 12.0. The molecule has 0 aliphatic carbocycles. The molecule has 0 rings (SSSR count). The first-order chi connectivity index (χ1) is 20.1. The van der Waals surface area contributed by atoms with Gasteiger partial charge in [-0.15, -0.1) is 0 Å². The number of hydrogen-bond acceptors (Lipinski definition) is 6. The number of unbranched alkanes of at least 4 members (excludes halogenated alkanes) is 21. The predicted octanol–water partition coefficient (Wildman–Crippen LogP) is 8.40. The van der Waals surface area contributed by atoms with Gasteiger partial charge in [0.1, 0.15) is 12.9 Å². The van der Waals surface area contributed by atoms with E-state index in [-0.39, 0.29) is 31.9 Å². The number of aliphatic hydroxyl groups excluding tert-OH is 1. The fourth-order valence-electron chi connectivity index (χ4n) is 4.96. The van der Waals surface area contributed by atoms with Gasteiger partial charge in [0, 0.05) is 26.5 Å². The lowest BCUT2D eigenvalue weighted by Crippen LogP contribution is -2.27. The molecule has 0 heterocycles. The maximum atomic E-state index is 12.0. The molecule has 7 nitrogen and oxygen atoms in total. The lowest BCUT2D eigenvalue weighted by atomic mass is 10.0. The molecule has 7 heteroatoms. The molecule has 41 heavy (non-hydrogen) atoms. The highest BCUT2D eigenvalue weighted by Crippen LogP contribution is 2.13. The van der Waals surface area contributed by atoms with E-state index >= 15 is 0 Å². The van der Waals surface area contributed by atoms with Crippen LogP contribution in [0.5, 0.6) is 0 Å². The summed E-state index contributed by atoms with van der Waals surface area (Å²) in [6.45, 7) is 5.41. The molecule has 0 aromatic heterocycles. The Balaban J connectivity index is 3.35. The zero-order chi connectivity index (χ0) is 30.1. The van der Waals surface area contributed by atoms with Crippen LogP contribution < -0.4 is 5.32 Å². The fourth-order valence-corrected chi connectivity index (χ4v) is 4.96. The molecular weight excluding hydrogens is 518 g/mol. The number of carbonyl (C=O) groups excluding carboxylic acids is 2. The number of aliphatic hydroxyl groups is 1. The Morgan fingerprint density at radius 3 is 1.59 bits per heavy atom. The molecule has 244 valence electrons. The largest absolute Gasteiger partial charge is 0.457 e. The summed E-state index contributed by atoms with van der Waals surface area (Å²) in [7, 11) is 0. The Morgan fingerprint density at radius 1 is 0.634 bits per heavy atom. The zero-order valence-corrected chi connectivity index (χ0v) is 27.1.